The molecule has 1 aromatic carbocycles. The van der Waals surface area contributed by atoms with E-state index < -0.39 is 0 Å². The molecule has 1 aromatic heterocycles. The number of halogens is 2. The highest BCUT2D eigenvalue weighted by atomic mass is 35.5. The second kappa shape index (κ2) is 5.93. The van der Waals surface area contributed by atoms with Gasteiger partial charge in [-0.1, -0.05) is 23.2 Å². The smallest absolute Gasteiger partial charge is 0.143 e. The van der Waals surface area contributed by atoms with Crippen molar-refractivity contribution in [3.05, 3.63) is 40.4 Å². The van der Waals surface area contributed by atoms with Crippen LogP contribution in [0.2, 0.25) is 10.0 Å². The summed E-state index contributed by atoms with van der Waals surface area (Å²) in [6.45, 7) is 2.95. The average molecular weight is 287 g/mol. The van der Waals surface area contributed by atoms with Crippen LogP contribution in [0.3, 0.4) is 0 Å². The Morgan fingerprint density at radius 3 is 2.67 bits per heavy atom. The van der Waals surface area contributed by atoms with Gasteiger partial charge in [-0.2, -0.15) is 0 Å². The summed E-state index contributed by atoms with van der Waals surface area (Å²) in [5.74, 6) is 0.643. The Labute approximate surface area is 115 Å². The average Bonchev–Trinajstić information content (AvgIpc) is 2.83. The first-order valence-electron chi connectivity index (χ1n) is 5.40. The summed E-state index contributed by atoms with van der Waals surface area (Å²) in [6.07, 6.45) is 3.12. The van der Waals surface area contributed by atoms with Gasteiger partial charge in [0.25, 0.3) is 0 Å². The molecular formula is C11H12Cl2N4O. The van der Waals surface area contributed by atoms with Crippen LogP contribution in [0, 0.1) is 0 Å². The Morgan fingerprint density at radius 2 is 2.00 bits per heavy atom. The lowest BCUT2D eigenvalue weighted by Gasteiger charge is -2.13. The van der Waals surface area contributed by atoms with Gasteiger partial charge < -0.3 is 10.2 Å². The van der Waals surface area contributed by atoms with Crippen LogP contribution in [-0.4, -0.2) is 21.5 Å². The maximum Gasteiger partial charge on any atom is 0.143 e. The molecule has 0 aliphatic heterocycles. The summed E-state index contributed by atoms with van der Waals surface area (Å²) in [6, 6.07) is 3.48. The lowest BCUT2D eigenvalue weighted by Crippen LogP contribution is -2.13. The molecule has 0 saturated carbocycles. The molecule has 0 aliphatic carbocycles. The molecule has 18 heavy (non-hydrogen) atoms. The highest BCUT2D eigenvalue weighted by Gasteiger charge is 2.10. The predicted octanol–water partition coefficient (Wildman–Crippen LogP) is 2.73. The summed E-state index contributed by atoms with van der Waals surface area (Å²) in [4.78, 5) is 0. The first kappa shape index (κ1) is 13.0. The minimum Gasteiger partial charge on any atom is -0.492 e. The number of nitrogens with zero attached hydrogens (tertiary/aromatic N) is 3. The third kappa shape index (κ3) is 3.05. The van der Waals surface area contributed by atoms with E-state index in [0.29, 0.717) is 28.9 Å². The largest absolute Gasteiger partial charge is 0.492 e. The van der Waals surface area contributed by atoms with E-state index in [9.17, 15) is 0 Å². The molecule has 0 spiro atoms. The first-order chi connectivity index (χ1) is 8.70. The normalized spacial score (nSPS) is 10.4. The van der Waals surface area contributed by atoms with Gasteiger partial charge in [-0.25, -0.2) is 4.68 Å². The Kier molecular flexibility index (Phi) is 4.28. The predicted molar refractivity (Wildman–Crippen MR) is 70.7 cm³/mol. The lowest BCUT2D eigenvalue weighted by atomic mass is 10.2. The summed E-state index contributed by atoms with van der Waals surface area (Å²) < 4.78 is 7.16. The van der Waals surface area contributed by atoms with Crippen molar-refractivity contribution in [2.24, 2.45) is 0 Å². The first-order valence-corrected chi connectivity index (χ1v) is 6.15. The number of benzene rings is 1. The Morgan fingerprint density at radius 1 is 1.28 bits per heavy atom. The molecule has 0 unspecified atom stereocenters. The van der Waals surface area contributed by atoms with Crippen molar-refractivity contribution < 1.29 is 4.74 Å². The zero-order valence-electron chi connectivity index (χ0n) is 9.73. The van der Waals surface area contributed by atoms with Crippen molar-refractivity contribution in [3.8, 4) is 5.75 Å². The van der Waals surface area contributed by atoms with Crippen molar-refractivity contribution in [1.29, 1.82) is 0 Å². The molecule has 1 heterocycles. The fraction of sp³-hybridized carbons (Fsp3) is 0.273. The van der Waals surface area contributed by atoms with Crippen molar-refractivity contribution in [1.82, 2.24) is 14.9 Å². The van der Waals surface area contributed by atoms with E-state index in [1.54, 1.807) is 23.4 Å². The fourth-order valence-electron chi connectivity index (χ4n) is 1.51. The monoisotopic (exact) mass is 286 g/mol. The zero-order chi connectivity index (χ0) is 13.0. The summed E-state index contributed by atoms with van der Waals surface area (Å²) in [5, 5.41) is 8.47. The Hall–Kier alpha value is -1.46. The second-order valence-electron chi connectivity index (χ2n) is 3.51. The van der Waals surface area contributed by atoms with E-state index >= 15 is 0 Å². The van der Waals surface area contributed by atoms with Gasteiger partial charge in [0.1, 0.15) is 18.4 Å². The van der Waals surface area contributed by atoms with Crippen molar-refractivity contribution >= 4 is 23.2 Å². The van der Waals surface area contributed by atoms with E-state index in [1.165, 1.54) is 0 Å². The molecule has 0 bridgehead atoms. The molecule has 0 atom stereocenters. The molecular weight excluding hydrogens is 275 g/mol. The molecule has 0 aliphatic rings. The molecule has 2 aromatic rings. The van der Waals surface area contributed by atoms with Crippen molar-refractivity contribution in [3.63, 3.8) is 0 Å². The van der Waals surface area contributed by atoms with Crippen LogP contribution in [0.1, 0.15) is 12.5 Å². The quantitative estimate of drug-likeness (QED) is 0.918. The maximum atomic E-state index is 6.11. The number of hydrogen-bond acceptors (Lipinski definition) is 4. The topological polar surface area (TPSA) is 52.0 Å². The number of nitrogens with one attached hydrogen (secondary N) is 1. The molecule has 5 nitrogen and oxygen atoms in total. The third-order valence-corrected chi connectivity index (χ3v) is 2.74. The zero-order valence-corrected chi connectivity index (χ0v) is 11.2. The van der Waals surface area contributed by atoms with E-state index in [1.807, 2.05) is 13.0 Å². The summed E-state index contributed by atoms with van der Waals surface area (Å²) in [5.41, 5.74) is 3.97. The Balaban J connectivity index is 2.19. The molecule has 0 amide bonds. The fourth-order valence-corrected chi connectivity index (χ4v) is 2.10. The molecule has 0 fully saturated rings. The van der Waals surface area contributed by atoms with Gasteiger partial charge in [-0.3, -0.25) is 0 Å². The van der Waals surface area contributed by atoms with Crippen LogP contribution in [0.15, 0.2) is 24.8 Å². The van der Waals surface area contributed by atoms with Crippen LogP contribution in [-0.2, 0) is 6.54 Å². The van der Waals surface area contributed by atoms with Gasteiger partial charge in [-0.05, 0) is 19.1 Å². The van der Waals surface area contributed by atoms with Crippen molar-refractivity contribution in [2.75, 3.05) is 12.0 Å². The van der Waals surface area contributed by atoms with E-state index in [4.69, 9.17) is 27.9 Å². The highest BCUT2D eigenvalue weighted by Crippen LogP contribution is 2.32. The van der Waals surface area contributed by atoms with Crippen LogP contribution in [0.4, 0.5) is 0 Å². The molecule has 0 saturated heterocycles. The number of rotatable bonds is 5. The number of aromatic nitrogens is 3. The van der Waals surface area contributed by atoms with E-state index in [-0.39, 0.29) is 0 Å². The van der Waals surface area contributed by atoms with Gasteiger partial charge in [0.05, 0.1) is 18.2 Å². The van der Waals surface area contributed by atoms with Crippen LogP contribution in [0.5, 0.6) is 5.75 Å². The molecule has 0 radical (unpaired) electrons. The van der Waals surface area contributed by atoms with Crippen molar-refractivity contribution in [2.45, 2.75) is 13.5 Å². The van der Waals surface area contributed by atoms with Gasteiger partial charge in [0.2, 0.25) is 0 Å². The number of ether oxygens (including phenoxy) is 1. The maximum absolute atomic E-state index is 6.11. The molecule has 7 heteroatoms. The van der Waals surface area contributed by atoms with Crippen LogP contribution < -0.4 is 10.2 Å². The molecule has 96 valence electrons. The van der Waals surface area contributed by atoms with Crippen LogP contribution >= 0.6 is 23.2 Å². The van der Waals surface area contributed by atoms with E-state index in [2.05, 4.69) is 15.6 Å². The van der Waals surface area contributed by atoms with Gasteiger partial charge >= 0.3 is 0 Å². The third-order valence-electron chi connectivity index (χ3n) is 2.24. The number of hydrogen-bond donors (Lipinski definition) is 1. The van der Waals surface area contributed by atoms with E-state index in [0.717, 1.165) is 5.56 Å². The minimum atomic E-state index is 0.505. The highest BCUT2D eigenvalue weighted by molar-refractivity contribution is 6.35. The van der Waals surface area contributed by atoms with Gasteiger partial charge in [0, 0.05) is 10.6 Å². The minimum absolute atomic E-state index is 0.505. The molecule has 1 N–H and O–H groups in total. The van der Waals surface area contributed by atoms with Crippen LogP contribution in [0.25, 0.3) is 0 Å². The second-order valence-corrected chi connectivity index (χ2v) is 4.36. The standard InChI is InChI=1S/C11H12Cl2N4O/c1-2-18-11-8(3-9(12)4-10(11)13)5-16-17-6-14-15-7-17/h3-4,6-7,16H,2,5H2,1H3. The Bertz CT molecular complexity index is 516. The summed E-state index contributed by atoms with van der Waals surface area (Å²) in [7, 11) is 0. The van der Waals surface area contributed by atoms with Gasteiger partial charge in [0.15, 0.2) is 0 Å². The molecule has 2 rings (SSSR count). The SMILES string of the molecule is CCOc1c(Cl)cc(Cl)cc1CNn1cnnc1. The van der Waals surface area contributed by atoms with Gasteiger partial charge in [-0.15, -0.1) is 10.2 Å². The summed E-state index contributed by atoms with van der Waals surface area (Å²) >= 11 is 12.1. The lowest BCUT2D eigenvalue weighted by molar-refractivity contribution is 0.337.